The Bertz CT molecular complexity index is 1430. The minimum absolute atomic E-state index is 0.248. The molecule has 10 heteroatoms. The van der Waals surface area contributed by atoms with Crippen molar-refractivity contribution in [3.8, 4) is 11.5 Å². The van der Waals surface area contributed by atoms with E-state index >= 15 is 0 Å². The maximum Gasteiger partial charge on any atom is 0.265 e. The van der Waals surface area contributed by atoms with Crippen molar-refractivity contribution in [1.82, 2.24) is 19.8 Å². The lowest BCUT2D eigenvalue weighted by Gasteiger charge is -2.19. The fourth-order valence-corrected chi connectivity index (χ4v) is 4.28. The number of H-pyrrole nitrogens is 1. The number of nitrogens with one attached hydrogen (secondary N) is 2. The molecule has 0 aliphatic carbocycles. The van der Waals surface area contributed by atoms with Crippen molar-refractivity contribution in [2.24, 2.45) is 0 Å². The lowest BCUT2D eigenvalue weighted by molar-refractivity contribution is -0.122. The zero-order chi connectivity index (χ0) is 27.4. The number of halogens is 1. The summed E-state index contributed by atoms with van der Waals surface area (Å²) < 4.78 is 19.0. The number of hydrogen-bond acceptors (Lipinski definition) is 6. The maximum atomic E-state index is 13.0. The predicted molar refractivity (Wildman–Crippen MR) is 148 cm³/mol. The molecule has 4 aromatic rings. The summed E-state index contributed by atoms with van der Waals surface area (Å²) in [6.07, 6.45) is -0.694. The molecule has 0 aliphatic rings. The first-order valence-electron chi connectivity index (χ1n) is 12.7. The van der Waals surface area contributed by atoms with Gasteiger partial charge in [0.05, 0.1) is 12.3 Å². The first kappa shape index (κ1) is 27.5. The Kier molecular flexibility index (Phi) is 8.58. The number of rotatable bonds is 11. The second kappa shape index (κ2) is 11.9. The van der Waals surface area contributed by atoms with Gasteiger partial charge in [0.15, 0.2) is 17.6 Å². The molecule has 9 nitrogen and oxygen atoms in total. The molecule has 0 aliphatic heterocycles. The third-order valence-corrected chi connectivity index (χ3v) is 6.70. The molecule has 1 amide bonds. The molecule has 38 heavy (non-hydrogen) atoms. The summed E-state index contributed by atoms with van der Waals surface area (Å²) in [6.45, 7) is 13.0. The second-order valence-electron chi connectivity index (χ2n) is 9.29. The Morgan fingerprint density at radius 2 is 1.87 bits per heavy atom. The van der Waals surface area contributed by atoms with Crippen LogP contribution in [0.2, 0.25) is 5.02 Å². The van der Waals surface area contributed by atoms with Gasteiger partial charge in [-0.25, -0.2) is 4.98 Å². The summed E-state index contributed by atoms with van der Waals surface area (Å²) in [4.78, 5) is 17.6. The van der Waals surface area contributed by atoms with E-state index in [-0.39, 0.29) is 11.8 Å². The van der Waals surface area contributed by atoms with E-state index < -0.39 is 6.10 Å². The molecule has 4 rings (SSSR count). The zero-order valence-electron chi connectivity index (χ0n) is 22.6. The number of aryl methyl sites for hydroxylation is 3. The van der Waals surface area contributed by atoms with Crippen molar-refractivity contribution < 1.29 is 19.0 Å². The summed E-state index contributed by atoms with van der Waals surface area (Å²) in [6, 6.07) is 11.4. The molecule has 2 aromatic carbocycles. The van der Waals surface area contributed by atoms with Gasteiger partial charge in [-0.05, 0) is 64.4 Å². The number of benzene rings is 2. The number of carbonyl (C=O) groups is 1. The number of aromatic amines is 1. The average Bonchev–Trinajstić information content (AvgIpc) is 3.42. The van der Waals surface area contributed by atoms with Crippen LogP contribution in [0.15, 0.2) is 36.4 Å². The van der Waals surface area contributed by atoms with Crippen LogP contribution in [0.5, 0.6) is 11.5 Å². The summed E-state index contributed by atoms with van der Waals surface area (Å²) in [5, 5.41) is 11.2. The first-order chi connectivity index (χ1) is 18.2. The van der Waals surface area contributed by atoms with Gasteiger partial charge >= 0.3 is 0 Å². The van der Waals surface area contributed by atoms with Crippen molar-refractivity contribution in [2.75, 3.05) is 25.1 Å². The molecule has 0 saturated carbocycles. The van der Waals surface area contributed by atoms with Gasteiger partial charge in [0.1, 0.15) is 23.1 Å². The molecule has 0 radical (unpaired) electrons. The van der Waals surface area contributed by atoms with Crippen LogP contribution in [0.25, 0.3) is 5.65 Å². The van der Waals surface area contributed by atoms with Crippen molar-refractivity contribution in [2.45, 2.75) is 53.6 Å². The summed E-state index contributed by atoms with van der Waals surface area (Å²) in [5.41, 5.74) is 4.91. The smallest absolute Gasteiger partial charge is 0.265 e. The monoisotopic (exact) mass is 539 g/mol. The molecule has 2 N–H and O–H groups in total. The Morgan fingerprint density at radius 3 is 2.58 bits per heavy atom. The van der Waals surface area contributed by atoms with Crippen LogP contribution in [0.4, 0.5) is 5.69 Å². The van der Waals surface area contributed by atoms with Crippen molar-refractivity contribution in [3.63, 3.8) is 0 Å². The molecule has 2 atom stereocenters. The van der Waals surface area contributed by atoms with Gasteiger partial charge < -0.3 is 19.5 Å². The largest absolute Gasteiger partial charge is 0.491 e. The molecule has 2 heterocycles. The van der Waals surface area contributed by atoms with Gasteiger partial charge in [-0.2, -0.15) is 4.63 Å². The third kappa shape index (κ3) is 6.11. The normalized spacial score (nSPS) is 12.9. The molecule has 0 saturated heterocycles. The van der Waals surface area contributed by atoms with Gasteiger partial charge in [0.2, 0.25) is 0 Å². The van der Waals surface area contributed by atoms with E-state index in [1.165, 1.54) is 0 Å². The van der Waals surface area contributed by atoms with Gasteiger partial charge in [0, 0.05) is 23.8 Å². The minimum Gasteiger partial charge on any atom is -0.491 e. The molecule has 2 unspecified atom stereocenters. The zero-order valence-corrected chi connectivity index (χ0v) is 23.3. The van der Waals surface area contributed by atoms with E-state index in [4.69, 9.17) is 25.8 Å². The van der Waals surface area contributed by atoms with Gasteiger partial charge in [0.25, 0.3) is 5.91 Å². The lowest BCUT2D eigenvalue weighted by atomic mass is 9.98. The highest BCUT2D eigenvalue weighted by Gasteiger charge is 2.23. The van der Waals surface area contributed by atoms with E-state index in [9.17, 15) is 4.79 Å². The fourth-order valence-electron chi connectivity index (χ4n) is 4.12. The van der Waals surface area contributed by atoms with E-state index in [1.807, 2.05) is 65.0 Å². The first-order valence-corrected chi connectivity index (χ1v) is 13.1. The van der Waals surface area contributed by atoms with Gasteiger partial charge in [-0.15, -0.1) is 5.10 Å². The van der Waals surface area contributed by atoms with E-state index in [0.29, 0.717) is 53.5 Å². The molecule has 0 fully saturated rings. The number of fused-ring (bicyclic) bond motifs is 1. The number of amides is 1. The standard InChI is InChI=1S/C28H34ClN5O4/c1-7-36-12-13-37-24-11-9-21(30-28(35)20(6)38-23-10-8-16(2)14-17(23)3)15-22(24)18(4)26-31-27-25(29)19(5)32-34(27)33-26/h8-11,14-15,18,20,32H,7,12-13H2,1-6H3,(H,30,35). The van der Waals surface area contributed by atoms with Crippen LogP contribution >= 0.6 is 11.6 Å². The Morgan fingerprint density at radius 1 is 1.11 bits per heavy atom. The average molecular weight is 540 g/mol. The highest BCUT2D eigenvalue weighted by molar-refractivity contribution is 6.34. The van der Waals surface area contributed by atoms with Crippen molar-refractivity contribution in [3.05, 3.63) is 69.6 Å². The molecular formula is C28H34ClN5O4. The molecule has 2 aromatic heterocycles. The van der Waals surface area contributed by atoms with Crippen LogP contribution in [0, 0.1) is 20.8 Å². The number of anilines is 1. The maximum absolute atomic E-state index is 13.0. The summed E-state index contributed by atoms with van der Waals surface area (Å²) in [5.74, 6) is 1.41. The number of ether oxygens (including phenoxy) is 3. The summed E-state index contributed by atoms with van der Waals surface area (Å²) in [7, 11) is 0. The van der Waals surface area contributed by atoms with E-state index in [2.05, 4.69) is 20.5 Å². The summed E-state index contributed by atoms with van der Waals surface area (Å²) >= 11 is 6.37. The Labute approximate surface area is 227 Å². The molecule has 0 spiro atoms. The van der Waals surface area contributed by atoms with Crippen LogP contribution < -0.4 is 14.8 Å². The predicted octanol–water partition coefficient (Wildman–Crippen LogP) is 5.61. The highest BCUT2D eigenvalue weighted by atomic mass is 35.5. The highest BCUT2D eigenvalue weighted by Crippen LogP contribution is 2.34. The third-order valence-electron chi connectivity index (χ3n) is 6.25. The molecule has 0 bridgehead atoms. The van der Waals surface area contributed by atoms with Gasteiger partial charge in [-0.3, -0.25) is 9.89 Å². The minimum atomic E-state index is -0.694. The number of carbonyl (C=O) groups excluding carboxylic acids is 1. The van der Waals surface area contributed by atoms with Crippen LogP contribution in [-0.4, -0.2) is 51.6 Å². The van der Waals surface area contributed by atoms with E-state index in [1.54, 1.807) is 17.6 Å². The number of aromatic nitrogens is 4. The second-order valence-corrected chi connectivity index (χ2v) is 9.67. The van der Waals surface area contributed by atoms with Crippen molar-refractivity contribution in [1.29, 1.82) is 0 Å². The lowest BCUT2D eigenvalue weighted by Crippen LogP contribution is -2.30. The fraction of sp³-hybridized carbons (Fsp3) is 0.393. The topological polar surface area (TPSA) is 103 Å². The Balaban J connectivity index is 1.56. The molecule has 202 valence electrons. The van der Waals surface area contributed by atoms with Crippen LogP contribution in [0.1, 0.15) is 54.9 Å². The van der Waals surface area contributed by atoms with Crippen LogP contribution in [0.3, 0.4) is 0 Å². The van der Waals surface area contributed by atoms with Gasteiger partial charge in [-0.1, -0.05) is 36.2 Å². The Hall–Kier alpha value is -3.56. The molecular weight excluding hydrogens is 506 g/mol. The van der Waals surface area contributed by atoms with Crippen LogP contribution in [-0.2, 0) is 9.53 Å². The SMILES string of the molecule is CCOCCOc1ccc(NC(=O)C(C)Oc2ccc(C)cc2C)cc1C(C)c1nc2c(Cl)c(C)[nH]n2n1. The quantitative estimate of drug-likeness (QED) is 0.240. The van der Waals surface area contributed by atoms with E-state index in [0.717, 1.165) is 22.4 Å². The number of hydrogen-bond donors (Lipinski definition) is 2. The number of nitrogens with zero attached hydrogens (tertiary/aromatic N) is 3. The van der Waals surface area contributed by atoms with Crippen molar-refractivity contribution >= 4 is 28.8 Å².